The third kappa shape index (κ3) is 3.67. The molecule has 1 aliphatic carbocycles. The summed E-state index contributed by atoms with van der Waals surface area (Å²) in [7, 11) is 0. The highest BCUT2D eigenvalue weighted by molar-refractivity contribution is 14.1. The number of amides is 1. The molecule has 10 nitrogen and oxygen atoms in total. The number of aliphatic hydroxyl groups is 2. The lowest BCUT2D eigenvalue weighted by Crippen LogP contribution is -2.59. The van der Waals surface area contributed by atoms with E-state index in [9.17, 15) is 15.0 Å². The van der Waals surface area contributed by atoms with Gasteiger partial charge in [0.15, 0.2) is 33.9 Å². The van der Waals surface area contributed by atoms with Crippen molar-refractivity contribution in [2.45, 2.75) is 37.4 Å². The van der Waals surface area contributed by atoms with Gasteiger partial charge in [0.25, 0.3) is 5.82 Å². The maximum Gasteiger partial charge on any atom is 0.268 e. The Bertz CT molecular complexity index is 1390. The molecular weight excluding hydrogens is 587 g/mol. The van der Waals surface area contributed by atoms with E-state index in [1.807, 2.05) is 6.92 Å². The minimum absolute atomic E-state index is 0.0976. The van der Waals surface area contributed by atoms with Crippen LogP contribution in [0, 0.1) is 3.83 Å². The number of quaternary nitrogens is 1. The Morgan fingerprint density at radius 2 is 1.73 bits per heavy atom. The van der Waals surface area contributed by atoms with Gasteiger partial charge in [0.1, 0.15) is 6.10 Å². The van der Waals surface area contributed by atoms with E-state index in [0.29, 0.717) is 34.2 Å². The number of fused-ring (bicyclic) bond motifs is 4. The summed E-state index contributed by atoms with van der Waals surface area (Å²) in [5.41, 5.74) is 10.9. The van der Waals surface area contributed by atoms with Crippen LogP contribution in [0.25, 0.3) is 11.1 Å². The summed E-state index contributed by atoms with van der Waals surface area (Å²) >= 11 is 2.05. The summed E-state index contributed by atoms with van der Waals surface area (Å²) in [5, 5.41) is 24.7. The van der Waals surface area contributed by atoms with E-state index in [1.165, 1.54) is 22.3 Å². The highest BCUT2D eigenvalue weighted by Crippen LogP contribution is 2.47. The SMILES string of the molecule is CC[N+]1([C@@H]2O[C@H](C(N)=O)[C@@H](O)[C@H]2O)C=Nc2c(NCC3c4ccccc4-c4ccccc43)nc(I)nc21. The Morgan fingerprint density at radius 3 is 2.32 bits per heavy atom. The number of aliphatic hydroxyl groups excluding tert-OH is 2. The highest BCUT2D eigenvalue weighted by atomic mass is 127. The third-order valence-electron chi connectivity index (χ3n) is 7.56. The van der Waals surface area contributed by atoms with Crippen LogP contribution in [0.1, 0.15) is 24.0 Å². The fourth-order valence-corrected chi connectivity index (χ4v) is 6.19. The Kier molecular flexibility index (Phi) is 5.99. The number of benzene rings is 2. The number of nitrogens with zero attached hydrogens (tertiary/aromatic N) is 4. The van der Waals surface area contributed by atoms with Crippen molar-refractivity contribution in [2.24, 2.45) is 10.7 Å². The first-order valence-electron chi connectivity index (χ1n) is 12.1. The van der Waals surface area contributed by atoms with Gasteiger partial charge < -0.3 is 26.0 Å². The van der Waals surface area contributed by atoms with Crippen molar-refractivity contribution in [3.05, 3.63) is 63.5 Å². The number of primary amides is 1. The van der Waals surface area contributed by atoms with Gasteiger partial charge in [-0.3, -0.25) is 4.79 Å². The maximum absolute atomic E-state index is 11.8. The molecule has 0 saturated carbocycles. The predicted molar refractivity (Wildman–Crippen MR) is 147 cm³/mol. The molecule has 6 rings (SSSR count). The fraction of sp³-hybridized carbons (Fsp3) is 0.308. The number of carbonyl (C=O) groups is 1. The van der Waals surface area contributed by atoms with Crippen LogP contribution < -0.4 is 15.5 Å². The second kappa shape index (κ2) is 9.10. The zero-order valence-electron chi connectivity index (χ0n) is 20.0. The Labute approximate surface area is 226 Å². The van der Waals surface area contributed by atoms with Crippen LogP contribution in [0.5, 0.6) is 0 Å². The Balaban J connectivity index is 1.34. The van der Waals surface area contributed by atoms with E-state index < -0.39 is 30.4 Å². The number of aliphatic imine (C=N–C) groups is 1. The lowest BCUT2D eigenvalue weighted by molar-refractivity contribution is -0.134. The lowest BCUT2D eigenvalue weighted by Gasteiger charge is -2.34. The normalized spacial score (nSPS) is 27.7. The first kappa shape index (κ1) is 24.4. The second-order valence-electron chi connectivity index (χ2n) is 9.44. The molecule has 3 heterocycles. The molecule has 1 saturated heterocycles. The van der Waals surface area contributed by atoms with Gasteiger partial charge in [0.05, 0.1) is 6.54 Å². The third-order valence-corrected chi connectivity index (χ3v) is 8.04. The molecule has 0 bridgehead atoms. The molecule has 0 spiro atoms. The van der Waals surface area contributed by atoms with Gasteiger partial charge in [0.2, 0.25) is 12.1 Å². The van der Waals surface area contributed by atoms with E-state index in [0.717, 1.165) is 0 Å². The topological polar surface area (TPSA) is 143 Å². The molecule has 2 aliphatic heterocycles. The standard InChI is InChI=1S/C26H25IN6O4/c1-2-33(25-20(35)19(34)21(37-25)22(28)36)12-30-18-23(31-26(27)32-24(18)33)29-11-17-15-9-5-3-7-13(15)14-8-4-6-10-16(14)17/h3-10,12,17,19-21,25,34-35H,2,11H2,1H3,(H2-,28,29,31,32,36)/p+1/t19-,20+,21-,25+,33?/m0/s1. The Morgan fingerprint density at radius 1 is 1.08 bits per heavy atom. The van der Waals surface area contributed by atoms with Gasteiger partial charge in [-0.1, -0.05) is 48.5 Å². The predicted octanol–water partition coefficient (Wildman–Crippen LogP) is 2.24. The summed E-state index contributed by atoms with van der Waals surface area (Å²) in [6.45, 7) is 2.90. The van der Waals surface area contributed by atoms with Crippen molar-refractivity contribution < 1.29 is 19.7 Å². The van der Waals surface area contributed by atoms with Gasteiger partial charge in [0, 0.05) is 35.1 Å². The number of likely N-dealkylation sites (N-methyl/N-ethyl adjacent to an activating group) is 1. The zero-order valence-corrected chi connectivity index (χ0v) is 22.1. The van der Waals surface area contributed by atoms with E-state index in [2.05, 4.69) is 91.4 Å². The van der Waals surface area contributed by atoms with Crippen molar-refractivity contribution >= 4 is 52.2 Å². The monoisotopic (exact) mass is 613 g/mol. The fourth-order valence-electron chi connectivity index (χ4n) is 5.72. The van der Waals surface area contributed by atoms with E-state index in [-0.39, 0.29) is 10.4 Å². The number of halogens is 1. The number of rotatable bonds is 6. The van der Waals surface area contributed by atoms with Gasteiger partial charge in [-0.05, 0) is 29.2 Å². The van der Waals surface area contributed by atoms with Crippen molar-refractivity contribution in [1.82, 2.24) is 14.5 Å². The van der Waals surface area contributed by atoms with Crippen LogP contribution in [0.15, 0.2) is 53.5 Å². The van der Waals surface area contributed by atoms with Crippen LogP contribution in [-0.4, -0.2) is 70.1 Å². The average Bonchev–Trinajstić information content (AvgIpc) is 3.53. The molecule has 1 fully saturated rings. The number of hydrogen-bond donors (Lipinski definition) is 4. The minimum atomic E-state index is -1.44. The molecule has 3 aliphatic rings. The summed E-state index contributed by atoms with van der Waals surface area (Å²) < 4.78 is 6.20. The summed E-state index contributed by atoms with van der Waals surface area (Å²) in [5.74, 6) is 0.396. The van der Waals surface area contributed by atoms with Gasteiger partial charge in [-0.15, -0.1) is 0 Å². The average molecular weight is 613 g/mol. The molecule has 1 amide bonds. The summed E-state index contributed by atoms with van der Waals surface area (Å²) in [6.07, 6.45) is -3.49. The number of nitrogens with one attached hydrogen (secondary N) is 1. The summed E-state index contributed by atoms with van der Waals surface area (Å²) in [4.78, 5) is 25.7. The smallest absolute Gasteiger partial charge is 0.268 e. The molecular formula is C26H26IN6O4+. The molecule has 37 heavy (non-hydrogen) atoms. The van der Waals surface area contributed by atoms with Crippen molar-refractivity contribution in [1.29, 1.82) is 0 Å². The molecule has 5 N–H and O–H groups in total. The van der Waals surface area contributed by atoms with Crippen LogP contribution in [-0.2, 0) is 9.53 Å². The van der Waals surface area contributed by atoms with Crippen molar-refractivity contribution in [3.8, 4) is 11.1 Å². The molecule has 190 valence electrons. The molecule has 5 atom stereocenters. The van der Waals surface area contributed by atoms with Gasteiger partial charge in [-0.2, -0.15) is 9.98 Å². The number of nitrogens with two attached hydrogens (primary N) is 1. The van der Waals surface area contributed by atoms with Crippen molar-refractivity contribution in [2.75, 3.05) is 18.4 Å². The largest absolute Gasteiger partial charge is 0.387 e. The molecule has 1 unspecified atom stereocenters. The number of carbonyl (C=O) groups excluding carboxylic acids is 1. The Hall–Kier alpha value is -2.97. The molecule has 1 aromatic heterocycles. The van der Waals surface area contributed by atoms with Crippen LogP contribution in [0.2, 0.25) is 0 Å². The van der Waals surface area contributed by atoms with Crippen molar-refractivity contribution in [3.63, 3.8) is 0 Å². The molecule has 0 radical (unpaired) electrons. The lowest BCUT2D eigenvalue weighted by atomic mass is 9.97. The number of aromatic nitrogens is 2. The van der Waals surface area contributed by atoms with Crippen LogP contribution in [0.3, 0.4) is 0 Å². The van der Waals surface area contributed by atoms with Crippen LogP contribution >= 0.6 is 22.6 Å². The molecule has 2 aromatic carbocycles. The summed E-state index contributed by atoms with van der Waals surface area (Å²) in [6, 6.07) is 16.8. The van der Waals surface area contributed by atoms with Gasteiger partial charge in [-0.25, -0.2) is 9.47 Å². The number of hydrogen-bond acceptors (Lipinski definition) is 8. The zero-order chi connectivity index (χ0) is 25.9. The number of ether oxygens (including phenoxy) is 1. The maximum atomic E-state index is 11.8. The quantitative estimate of drug-likeness (QED) is 0.190. The molecule has 3 aromatic rings. The highest BCUT2D eigenvalue weighted by Gasteiger charge is 2.58. The van der Waals surface area contributed by atoms with E-state index in [1.54, 1.807) is 6.34 Å². The first-order chi connectivity index (χ1) is 17.9. The molecule has 11 heteroatoms. The number of anilines is 1. The van der Waals surface area contributed by atoms with E-state index >= 15 is 0 Å². The van der Waals surface area contributed by atoms with E-state index in [4.69, 9.17) is 10.5 Å². The van der Waals surface area contributed by atoms with Crippen LogP contribution in [0.4, 0.5) is 17.3 Å². The second-order valence-corrected chi connectivity index (χ2v) is 10.4. The minimum Gasteiger partial charge on any atom is -0.387 e. The first-order valence-corrected chi connectivity index (χ1v) is 13.2. The van der Waals surface area contributed by atoms with Gasteiger partial charge >= 0.3 is 0 Å².